The van der Waals surface area contributed by atoms with Gasteiger partial charge >= 0.3 is 6.01 Å². The standard InChI is InChI=1S/C18H17BrClN3O2/c19-14-10-21-18(22-11-14)25-16-2-1-9-23(12-16)17(24)8-5-13-3-6-15(20)7-4-13/h3-8,10-11,16H,1-2,9,12H2/b8-5+. The van der Waals surface area contributed by atoms with E-state index in [4.69, 9.17) is 16.3 Å². The van der Waals surface area contributed by atoms with Gasteiger partial charge in [0.25, 0.3) is 0 Å². The molecule has 1 aromatic heterocycles. The van der Waals surface area contributed by atoms with E-state index in [1.54, 1.807) is 41.6 Å². The second kappa shape index (κ2) is 8.45. The average Bonchev–Trinajstić information content (AvgIpc) is 2.63. The van der Waals surface area contributed by atoms with Crippen molar-refractivity contribution in [1.29, 1.82) is 0 Å². The van der Waals surface area contributed by atoms with Gasteiger partial charge in [0, 0.05) is 30.0 Å². The van der Waals surface area contributed by atoms with Crippen LogP contribution in [0.25, 0.3) is 6.08 Å². The molecule has 0 spiro atoms. The Morgan fingerprint density at radius 1 is 1.28 bits per heavy atom. The number of halogens is 2. The van der Waals surface area contributed by atoms with Gasteiger partial charge in [0.2, 0.25) is 5.91 Å². The van der Waals surface area contributed by atoms with Crippen molar-refractivity contribution in [3.8, 4) is 6.01 Å². The lowest BCUT2D eigenvalue weighted by Crippen LogP contribution is -2.43. The van der Waals surface area contributed by atoms with Crippen LogP contribution in [0.3, 0.4) is 0 Å². The first-order chi connectivity index (χ1) is 12.1. The highest BCUT2D eigenvalue weighted by molar-refractivity contribution is 9.10. The fourth-order valence-electron chi connectivity index (χ4n) is 2.59. The molecular weight excluding hydrogens is 406 g/mol. The Labute approximate surface area is 159 Å². The quantitative estimate of drug-likeness (QED) is 0.700. The van der Waals surface area contributed by atoms with E-state index in [1.165, 1.54) is 0 Å². The lowest BCUT2D eigenvalue weighted by Gasteiger charge is -2.31. The van der Waals surface area contributed by atoms with Crippen molar-refractivity contribution in [2.24, 2.45) is 0 Å². The summed E-state index contributed by atoms with van der Waals surface area (Å²) in [4.78, 5) is 22.4. The van der Waals surface area contributed by atoms with E-state index in [2.05, 4.69) is 25.9 Å². The first-order valence-corrected chi connectivity index (χ1v) is 9.14. The number of likely N-dealkylation sites (tertiary alicyclic amines) is 1. The predicted octanol–water partition coefficient (Wildman–Crippen LogP) is 3.98. The number of hydrogen-bond donors (Lipinski definition) is 0. The van der Waals surface area contributed by atoms with Gasteiger partial charge in [-0.25, -0.2) is 9.97 Å². The number of benzene rings is 1. The smallest absolute Gasteiger partial charge is 0.316 e. The Morgan fingerprint density at radius 3 is 2.72 bits per heavy atom. The zero-order valence-electron chi connectivity index (χ0n) is 13.4. The first-order valence-electron chi connectivity index (χ1n) is 7.97. The van der Waals surface area contributed by atoms with Crippen LogP contribution in [0.2, 0.25) is 5.02 Å². The minimum absolute atomic E-state index is 0.0278. The van der Waals surface area contributed by atoms with Crippen LogP contribution >= 0.6 is 27.5 Å². The van der Waals surface area contributed by atoms with Crippen LogP contribution in [0.4, 0.5) is 0 Å². The van der Waals surface area contributed by atoms with Crippen molar-refractivity contribution in [1.82, 2.24) is 14.9 Å². The molecule has 1 fully saturated rings. The minimum Gasteiger partial charge on any atom is -0.458 e. The van der Waals surface area contributed by atoms with E-state index in [9.17, 15) is 4.79 Å². The summed E-state index contributed by atoms with van der Waals surface area (Å²) in [7, 11) is 0. The highest BCUT2D eigenvalue weighted by Gasteiger charge is 2.24. The third kappa shape index (κ3) is 5.28. The molecule has 1 atom stereocenters. The van der Waals surface area contributed by atoms with Gasteiger partial charge in [-0.05, 0) is 52.5 Å². The molecule has 130 valence electrons. The van der Waals surface area contributed by atoms with E-state index in [0.29, 0.717) is 17.6 Å². The molecule has 0 aliphatic carbocycles. The van der Waals surface area contributed by atoms with Gasteiger partial charge in [0.1, 0.15) is 6.10 Å². The van der Waals surface area contributed by atoms with Gasteiger partial charge in [0.05, 0.1) is 11.0 Å². The molecule has 2 heterocycles. The number of carbonyl (C=O) groups excluding carboxylic acids is 1. The van der Waals surface area contributed by atoms with Gasteiger partial charge in [-0.15, -0.1) is 0 Å². The van der Waals surface area contributed by atoms with Crippen LogP contribution in [0.5, 0.6) is 6.01 Å². The first kappa shape index (κ1) is 17.9. The van der Waals surface area contributed by atoms with Crippen LogP contribution in [0, 0.1) is 0 Å². The number of nitrogens with zero attached hydrogens (tertiary/aromatic N) is 3. The van der Waals surface area contributed by atoms with Crippen LogP contribution in [0.15, 0.2) is 47.2 Å². The summed E-state index contributed by atoms with van der Waals surface area (Å²) in [5, 5.41) is 0.676. The van der Waals surface area contributed by atoms with Gasteiger partial charge in [-0.2, -0.15) is 0 Å². The van der Waals surface area contributed by atoms with Gasteiger partial charge < -0.3 is 9.64 Å². The highest BCUT2D eigenvalue weighted by Crippen LogP contribution is 2.17. The SMILES string of the molecule is O=C(/C=C/c1ccc(Cl)cc1)N1CCCC(Oc2ncc(Br)cn2)C1. The molecule has 1 aliphatic heterocycles. The molecule has 5 nitrogen and oxygen atoms in total. The molecule has 1 aromatic carbocycles. The number of aromatic nitrogens is 2. The largest absolute Gasteiger partial charge is 0.458 e. The topological polar surface area (TPSA) is 55.3 Å². The maximum atomic E-state index is 12.4. The lowest BCUT2D eigenvalue weighted by molar-refractivity contribution is -0.128. The van der Waals surface area contributed by atoms with Gasteiger partial charge in [-0.1, -0.05) is 23.7 Å². The normalized spacial score (nSPS) is 17.7. The van der Waals surface area contributed by atoms with E-state index >= 15 is 0 Å². The maximum Gasteiger partial charge on any atom is 0.316 e. The van der Waals surface area contributed by atoms with Gasteiger partial charge in [0.15, 0.2) is 0 Å². The fourth-order valence-corrected chi connectivity index (χ4v) is 2.92. The number of piperidine rings is 1. The Morgan fingerprint density at radius 2 is 2.00 bits per heavy atom. The van der Waals surface area contributed by atoms with Crippen LogP contribution < -0.4 is 4.74 Å². The molecule has 0 radical (unpaired) electrons. The number of ether oxygens (including phenoxy) is 1. The molecule has 2 aromatic rings. The average molecular weight is 423 g/mol. The number of hydrogen-bond acceptors (Lipinski definition) is 4. The molecule has 7 heteroatoms. The Hall–Kier alpha value is -1.92. The summed E-state index contributed by atoms with van der Waals surface area (Å²) in [5.41, 5.74) is 0.936. The molecular formula is C18H17BrClN3O2. The monoisotopic (exact) mass is 421 g/mol. The van der Waals surface area contributed by atoms with Crippen molar-refractivity contribution in [2.75, 3.05) is 13.1 Å². The fraction of sp³-hybridized carbons (Fsp3) is 0.278. The third-order valence-electron chi connectivity index (χ3n) is 3.85. The van der Waals surface area contributed by atoms with Crippen LogP contribution in [-0.4, -0.2) is 40.0 Å². The van der Waals surface area contributed by atoms with Gasteiger partial charge in [-0.3, -0.25) is 4.79 Å². The second-order valence-corrected chi connectivity index (χ2v) is 7.09. The van der Waals surface area contributed by atoms with Crippen LogP contribution in [-0.2, 0) is 4.79 Å². The third-order valence-corrected chi connectivity index (χ3v) is 4.51. The van der Waals surface area contributed by atoms with E-state index in [1.807, 2.05) is 12.1 Å². The minimum atomic E-state index is -0.0946. The molecule has 1 unspecified atom stereocenters. The Kier molecular flexibility index (Phi) is 6.04. The number of amides is 1. The zero-order chi connectivity index (χ0) is 17.6. The van der Waals surface area contributed by atoms with E-state index in [-0.39, 0.29) is 12.0 Å². The summed E-state index contributed by atoms with van der Waals surface area (Å²) < 4.78 is 6.59. The molecule has 1 saturated heterocycles. The van der Waals surface area contributed by atoms with Crippen molar-refractivity contribution in [2.45, 2.75) is 18.9 Å². The molecule has 0 saturated carbocycles. The number of rotatable bonds is 4. The number of carbonyl (C=O) groups is 1. The summed E-state index contributed by atoms with van der Waals surface area (Å²) in [5.74, 6) is -0.0278. The molecule has 0 bridgehead atoms. The van der Waals surface area contributed by atoms with Crippen molar-refractivity contribution >= 4 is 39.5 Å². The molecule has 3 rings (SSSR count). The van der Waals surface area contributed by atoms with Crippen molar-refractivity contribution < 1.29 is 9.53 Å². The summed E-state index contributed by atoms with van der Waals surface area (Å²) in [6.45, 7) is 1.26. The predicted molar refractivity (Wildman–Crippen MR) is 100 cm³/mol. The Balaban J connectivity index is 1.57. The van der Waals surface area contributed by atoms with Crippen molar-refractivity contribution in [3.63, 3.8) is 0 Å². The van der Waals surface area contributed by atoms with E-state index < -0.39 is 0 Å². The summed E-state index contributed by atoms with van der Waals surface area (Å²) in [6.07, 6.45) is 8.34. The second-order valence-electron chi connectivity index (χ2n) is 5.74. The zero-order valence-corrected chi connectivity index (χ0v) is 15.8. The lowest BCUT2D eigenvalue weighted by atomic mass is 10.1. The van der Waals surface area contributed by atoms with Crippen LogP contribution in [0.1, 0.15) is 18.4 Å². The highest BCUT2D eigenvalue weighted by atomic mass is 79.9. The molecule has 0 N–H and O–H groups in total. The molecule has 1 amide bonds. The molecule has 1 aliphatic rings. The summed E-state index contributed by atoms with van der Waals surface area (Å²) in [6, 6.07) is 7.68. The van der Waals surface area contributed by atoms with Crippen molar-refractivity contribution in [3.05, 3.63) is 57.8 Å². The summed E-state index contributed by atoms with van der Waals surface area (Å²) >= 11 is 9.15. The van der Waals surface area contributed by atoms with E-state index in [0.717, 1.165) is 29.4 Å². The maximum absolute atomic E-state index is 12.4. The Bertz CT molecular complexity index is 750. The molecule has 25 heavy (non-hydrogen) atoms.